The maximum Gasteiger partial charge on any atom is 0.494 e. The molecule has 4 atom stereocenters. The van der Waals surface area contributed by atoms with Crippen molar-refractivity contribution in [3.05, 3.63) is 150 Å². The van der Waals surface area contributed by atoms with Crippen LogP contribution in [0.15, 0.2) is 127 Å². The SMILES string of the molecule is CC(C)(C)OC(=O)N1CCC[C@H]1C1=Nc2cc(B3OC(C)(C)C(C)(C)O3)ccc2C1.CC(C)(C)OC(=O)N1CCC[C@H]1c1ncc(-c2ccc3cc(-c4ccc5nc([C@@H]6CCCN6C(=O)OC(C)(C)C)[nH]c5c4)ccc3c2)[nH]1.Cc1ccc2cc(-c3cnc([C@@H]4CCCN4C(=O)OC(C)(C)C)[nH]3)ccc2c1. The summed E-state index contributed by atoms with van der Waals surface area (Å²) in [7, 11) is -0.399. The number of aryl methyl sites for hydroxylation is 1. The first kappa shape index (κ1) is 74.7. The molecular formula is C84H104BN11O10. The van der Waals surface area contributed by atoms with Gasteiger partial charge in [-0.05, 0) is 249 Å². The highest BCUT2D eigenvalue weighted by Gasteiger charge is 2.52. The topological polar surface area (TPSA) is 235 Å². The molecule has 0 spiro atoms. The Morgan fingerprint density at radius 3 is 1.33 bits per heavy atom. The number of hydrogen-bond donors (Lipinski definition) is 3. The third kappa shape index (κ3) is 16.8. The molecule has 0 aliphatic carbocycles. The van der Waals surface area contributed by atoms with E-state index in [1.165, 1.54) is 21.9 Å². The van der Waals surface area contributed by atoms with Crippen molar-refractivity contribution in [3.8, 4) is 33.6 Å². The van der Waals surface area contributed by atoms with Crippen molar-refractivity contribution in [1.29, 1.82) is 0 Å². The van der Waals surface area contributed by atoms with E-state index in [0.717, 1.165) is 148 Å². The molecule has 3 aromatic heterocycles. The van der Waals surface area contributed by atoms with E-state index >= 15 is 0 Å². The summed E-state index contributed by atoms with van der Waals surface area (Å²) in [6, 6.07) is 38.0. The fourth-order valence-corrected chi connectivity index (χ4v) is 14.8. The maximum absolute atomic E-state index is 12.9. The minimum Gasteiger partial charge on any atom is -0.444 e. The average Bonchev–Trinajstić information content (AvgIpc) is 1.62. The lowest BCUT2D eigenvalue weighted by Gasteiger charge is -2.32. The van der Waals surface area contributed by atoms with E-state index in [4.69, 9.17) is 38.2 Å². The first-order chi connectivity index (χ1) is 50.0. The fraction of sp³-hybridized carbons (Fsp3) is 0.476. The third-order valence-electron chi connectivity index (χ3n) is 20.6. The van der Waals surface area contributed by atoms with Gasteiger partial charge in [0.1, 0.15) is 39.9 Å². The molecule has 4 amide bonds. The Balaban J connectivity index is 0.000000149. The number of aromatic amines is 3. The number of carbonyl (C=O) groups excluding carboxylic acids is 4. The van der Waals surface area contributed by atoms with Gasteiger partial charge < -0.3 is 43.2 Å². The molecule has 6 aromatic carbocycles. The molecule has 6 aliphatic heterocycles. The van der Waals surface area contributed by atoms with Crippen LogP contribution >= 0.6 is 0 Å². The fourth-order valence-electron chi connectivity index (χ4n) is 14.8. The number of likely N-dealkylation sites (tertiary alicyclic amines) is 4. The van der Waals surface area contributed by atoms with Gasteiger partial charge in [-0.3, -0.25) is 24.6 Å². The van der Waals surface area contributed by atoms with E-state index in [-0.39, 0.29) is 59.7 Å². The molecule has 106 heavy (non-hydrogen) atoms. The van der Waals surface area contributed by atoms with Crippen LogP contribution in [0.3, 0.4) is 0 Å². The van der Waals surface area contributed by atoms with Gasteiger partial charge in [-0.1, -0.05) is 78.4 Å². The summed E-state index contributed by atoms with van der Waals surface area (Å²) >= 11 is 0. The molecule has 15 rings (SSSR count). The highest BCUT2D eigenvalue weighted by Crippen LogP contribution is 2.41. The summed E-state index contributed by atoms with van der Waals surface area (Å²) in [6.45, 7) is 35.8. The molecule has 21 nitrogen and oxygen atoms in total. The molecule has 0 unspecified atom stereocenters. The van der Waals surface area contributed by atoms with Crippen LogP contribution in [0, 0.1) is 6.92 Å². The number of nitrogens with one attached hydrogen (secondary N) is 3. The highest BCUT2D eigenvalue weighted by atomic mass is 16.7. The second-order valence-corrected chi connectivity index (χ2v) is 34.1. The minimum absolute atomic E-state index is 0.00699. The molecule has 9 aromatic rings. The quantitative estimate of drug-likeness (QED) is 0.0949. The molecule has 0 bridgehead atoms. The summed E-state index contributed by atoms with van der Waals surface area (Å²) in [5.41, 5.74) is 10.6. The second-order valence-electron chi connectivity index (χ2n) is 34.1. The van der Waals surface area contributed by atoms with Crippen LogP contribution in [0.2, 0.25) is 0 Å². The zero-order valence-corrected chi connectivity index (χ0v) is 64.8. The second kappa shape index (κ2) is 29.0. The molecule has 9 heterocycles. The number of ether oxygens (including phenoxy) is 4. The summed E-state index contributed by atoms with van der Waals surface area (Å²) < 4.78 is 34.9. The Morgan fingerprint density at radius 2 is 0.858 bits per heavy atom. The number of aromatic nitrogens is 6. The largest absolute Gasteiger partial charge is 0.494 e. The Morgan fingerprint density at radius 1 is 0.462 bits per heavy atom. The van der Waals surface area contributed by atoms with E-state index in [1.54, 1.807) is 14.7 Å². The maximum atomic E-state index is 12.9. The number of aliphatic imine (C=N–C) groups is 1. The van der Waals surface area contributed by atoms with Gasteiger partial charge in [-0.2, -0.15) is 0 Å². The minimum atomic E-state index is -0.542. The number of benzene rings is 6. The highest BCUT2D eigenvalue weighted by molar-refractivity contribution is 6.62. The lowest BCUT2D eigenvalue weighted by atomic mass is 9.78. The first-order valence-corrected chi connectivity index (χ1v) is 37.7. The molecule has 5 saturated heterocycles. The van der Waals surface area contributed by atoms with E-state index < -0.39 is 29.5 Å². The standard InChI is InChI=1S/C38H44N6O4.C23H33BN2O4.C23H27N3O2/c1-37(2,3)47-35(45)43-17-7-9-31(43)33-39-22-30(42-33)27-14-13-23-19-24(11-12-25(23)20-27)26-15-16-28-29(21-26)41-34(40-28)32-10-8-18-44(32)36(46)48-38(4,5)6;1-21(2,3)28-20(27)26-12-8-9-19(26)18-13-15-10-11-16(14-17(15)25-18)24-29-22(4,5)23(6,7)30-24;1-15-7-8-17-13-18(10-9-16(17)12-15)19-14-24-21(25-19)20-6-5-11-26(20)22(27)28-23(2,3)4/h11-16,19-22,31-32H,7-10,17-18H2,1-6H3,(H,39,42)(H,40,41);10-11,14,19H,8-9,12-13H2,1-7H3;7-10,12-14,20H,5-6,11H2,1-4H3,(H,24,25)/t31-,32-;19-;20-/m000/s1. The van der Waals surface area contributed by atoms with Crippen molar-refractivity contribution in [2.75, 3.05) is 26.2 Å². The van der Waals surface area contributed by atoms with Gasteiger partial charge in [0.25, 0.3) is 0 Å². The predicted octanol–water partition coefficient (Wildman–Crippen LogP) is 18.5. The van der Waals surface area contributed by atoms with Crippen molar-refractivity contribution in [1.82, 2.24) is 49.5 Å². The monoisotopic (exact) mass is 1440 g/mol. The van der Waals surface area contributed by atoms with Gasteiger partial charge in [-0.25, -0.2) is 34.1 Å². The van der Waals surface area contributed by atoms with Gasteiger partial charge in [0, 0.05) is 49.4 Å². The molecule has 558 valence electrons. The lowest BCUT2D eigenvalue weighted by Crippen LogP contribution is -2.43. The Bertz CT molecular complexity index is 4800. The number of hydrogen-bond acceptors (Lipinski definition) is 14. The zero-order chi connectivity index (χ0) is 75.6. The molecule has 3 N–H and O–H groups in total. The smallest absolute Gasteiger partial charge is 0.444 e. The van der Waals surface area contributed by atoms with Gasteiger partial charge in [0.05, 0.1) is 75.9 Å². The average molecular weight is 1440 g/mol. The molecule has 0 saturated carbocycles. The lowest BCUT2D eigenvalue weighted by molar-refractivity contribution is 0.00578. The van der Waals surface area contributed by atoms with Crippen molar-refractivity contribution >= 4 is 80.9 Å². The van der Waals surface area contributed by atoms with Gasteiger partial charge in [0.15, 0.2) is 0 Å². The van der Waals surface area contributed by atoms with Crippen LogP contribution < -0.4 is 5.46 Å². The van der Waals surface area contributed by atoms with Crippen LogP contribution in [0.1, 0.15) is 209 Å². The molecule has 6 aliphatic rings. The van der Waals surface area contributed by atoms with Crippen molar-refractivity contribution in [3.63, 3.8) is 0 Å². The van der Waals surface area contributed by atoms with Crippen molar-refractivity contribution in [2.45, 2.75) is 233 Å². The zero-order valence-electron chi connectivity index (χ0n) is 64.8. The first-order valence-electron chi connectivity index (χ1n) is 37.7. The summed E-state index contributed by atoms with van der Waals surface area (Å²) in [5, 5.41) is 4.69. The Kier molecular flexibility index (Phi) is 20.4. The van der Waals surface area contributed by atoms with E-state index in [1.807, 2.05) is 106 Å². The molecule has 22 heteroatoms. The Hall–Kier alpha value is -9.54. The molecular weight excluding hydrogens is 1330 g/mol. The Labute approximate surface area is 623 Å². The van der Waals surface area contributed by atoms with Crippen LogP contribution in [0.5, 0.6) is 0 Å². The number of H-pyrrole nitrogens is 3. The summed E-state index contributed by atoms with van der Waals surface area (Å²) in [6.07, 6.45) is 10.6. The van der Waals surface area contributed by atoms with E-state index in [9.17, 15) is 19.2 Å². The number of rotatable bonds is 8. The third-order valence-corrected chi connectivity index (χ3v) is 20.6. The van der Waals surface area contributed by atoms with Gasteiger partial charge >= 0.3 is 31.5 Å². The van der Waals surface area contributed by atoms with Crippen LogP contribution in [0.4, 0.5) is 24.9 Å². The predicted molar refractivity (Wildman–Crippen MR) is 417 cm³/mol. The number of fused-ring (bicyclic) bond motifs is 4. The number of nitrogens with zero attached hydrogens (tertiary/aromatic N) is 8. The van der Waals surface area contributed by atoms with Crippen molar-refractivity contribution in [2.24, 2.45) is 4.99 Å². The van der Waals surface area contributed by atoms with Crippen LogP contribution in [-0.2, 0) is 34.7 Å². The number of imidazole rings is 3. The normalized spacial score (nSPS) is 20.0. The number of carbonyl (C=O) groups is 4. The van der Waals surface area contributed by atoms with Gasteiger partial charge in [-0.15, -0.1) is 0 Å². The van der Waals surface area contributed by atoms with Crippen molar-refractivity contribution < 1.29 is 47.4 Å². The van der Waals surface area contributed by atoms with Crippen LogP contribution in [0.25, 0.3) is 66.2 Å². The summed E-state index contributed by atoms with van der Waals surface area (Å²) in [5.74, 6) is 2.40. The van der Waals surface area contributed by atoms with Gasteiger partial charge in [0.2, 0.25) is 0 Å². The van der Waals surface area contributed by atoms with E-state index in [2.05, 4.69) is 163 Å². The van der Waals surface area contributed by atoms with E-state index in [0.29, 0.717) is 26.2 Å². The summed E-state index contributed by atoms with van der Waals surface area (Å²) in [4.78, 5) is 87.6. The molecule has 5 fully saturated rings. The number of amides is 4. The van der Waals surface area contributed by atoms with Crippen LogP contribution in [-0.4, -0.2) is 153 Å². The molecule has 0 radical (unpaired) electrons.